The fraction of sp³-hybridized carbons (Fsp3) is 0.235. The van der Waals surface area contributed by atoms with E-state index in [4.69, 9.17) is 20.8 Å². The van der Waals surface area contributed by atoms with Crippen LogP contribution < -0.4 is 5.32 Å². The number of benzene rings is 1. The number of hydrogen-bond acceptors (Lipinski definition) is 6. The number of carbonyl (C=O) groups excluding carboxylic acids is 1. The van der Waals surface area contributed by atoms with Crippen LogP contribution in [0, 0.1) is 13.8 Å². The Labute approximate surface area is 143 Å². The highest BCUT2D eigenvalue weighted by molar-refractivity contribution is 6.33. The molecule has 0 fully saturated rings. The largest absolute Gasteiger partial charge is 0.462 e. The third-order valence-electron chi connectivity index (χ3n) is 3.52. The standard InChI is InChI=1S/C17H16ClN3O3/c1-4-23-17(22)13-10(3)24-16-14(13)15(19-8-20-16)21-12-6-5-9(2)7-11(12)18/h5-8H,4H2,1-3H3,(H,19,20,21). The lowest BCUT2D eigenvalue weighted by Gasteiger charge is -2.09. The van der Waals surface area contributed by atoms with Gasteiger partial charge in [-0.2, -0.15) is 0 Å². The number of rotatable bonds is 4. The number of esters is 1. The molecule has 2 aromatic heterocycles. The van der Waals surface area contributed by atoms with Gasteiger partial charge in [0.25, 0.3) is 0 Å². The number of aromatic nitrogens is 2. The highest BCUT2D eigenvalue weighted by Gasteiger charge is 2.24. The van der Waals surface area contributed by atoms with Crippen LogP contribution in [0.3, 0.4) is 0 Å². The van der Waals surface area contributed by atoms with E-state index in [9.17, 15) is 4.79 Å². The molecule has 2 heterocycles. The van der Waals surface area contributed by atoms with Crippen molar-refractivity contribution in [1.29, 1.82) is 0 Å². The Morgan fingerprint density at radius 3 is 2.83 bits per heavy atom. The number of nitrogens with zero attached hydrogens (tertiary/aromatic N) is 2. The van der Waals surface area contributed by atoms with Crippen molar-refractivity contribution in [2.75, 3.05) is 11.9 Å². The van der Waals surface area contributed by atoms with Gasteiger partial charge >= 0.3 is 5.97 Å². The first-order valence-corrected chi connectivity index (χ1v) is 7.83. The van der Waals surface area contributed by atoms with Crippen molar-refractivity contribution in [2.24, 2.45) is 0 Å². The monoisotopic (exact) mass is 345 g/mol. The zero-order valence-electron chi connectivity index (χ0n) is 13.5. The van der Waals surface area contributed by atoms with Crippen LogP contribution in [-0.4, -0.2) is 22.5 Å². The molecule has 0 aliphatic carbocycles. The molecule has 6 nitrogen and oxygen atoms in total. The van der Waals surface area contributed by atoms with Crippen LogP contribution in [0.2, 0.25) is 5.02 Å². The minimum absolute atomic E-state index is 0.269. The van der Waals surface area contributed by atoms with Crippen LogP contribution in [0.25, 0.3) is 11.1 Å². The van der Waals surface area contributed by atoms with Gasteiger partial charge in [-0.1, -0.05) is 17.7 Å². The van der Waals surface area contributed by atoms with Crippen molar-refractivity contribution in [3.63, 3.8) is 0 Å². The summed E-state index contributed by atoms with van der Waals surface area (Å²) in [5.74, 6) is 0.397. The van der Waals surface area contributed by atoms with Crippen LogP contribution in [0.1, 0.15) is 28.6 Å². The van der Waals surface area contributed by atoms with Gasteiger partial charge in [-0.05, 0) is 38.5 Å². The number of fused-ring (bicyclic) bond motifs is 1. The van der Waals surface area contributed by atoms with Gasteiger partial charge in [-0.25, -0.2) is 14.8 Å². The summed E-state index contributed by atoms with van der Waals surface area (Å²) in [5.41, 5.74) is 2.36. The number of halogens is 1. The van der Waals surface area contributed by atoms with E-state index in [2.05, 4.69) is 15.3 Å². The van der Waals surface area contributed by atoms with Crippen molar-refractivity contribution >= 4 is 40.2 Å². The van der Waals surface area contributed by atoms with Crippen LogP contribution in [0.4, 0.5) is 11.5 Å². The normalized spacial score (nSPS) is 10.8. The molecule has 1 aromatic carbocycles. The molecule has 3 aromatic rings. The van der Waals surface area contributed by atoms with E-state index in [0.29, 0.717) is 39.0 Å². The number of carbonyl (C=O) groups is 1. The molecule has 0 spiro atoms. The predicted molar refractivity (Wildman–Crippen MR) is 92.0 cm³/mol. The molecule has 0 atom stereocenters. The molecule has 124 valence electrons. The smallest absolute Gasteiger partial charge is 0.342 e. The molecular weight excluding hydrogens is 330 g/mol. The summed E-state index contributed by atoms with van der Waals surface area (Å²) in [5, 5.41) is 4.17. The summed E-state index contributed by atoms with van der Waals surface area (Å²) in [4.78, 5) is 20.6. The Morgan fingerprint density at radius 2 is 2.12 bits per heavy atom. The second-order valence-electron chi connectivity index (χ2n) is 5.26. The highest BCUT2D eigenvalue weighted by atomic mass is 35.5. The maximum Gasteiger partial charge on any atom is 0.342 e. The number of nitrogens with one attached hydrogen (secondary N) is 1. The fourth-order valence-electron chi connectivity index (χ4n) is 2.44. The summed E-state index contributed by atoms with van der Waals surface area (Å²) in [6.45, 7) is 5.66. The lowest BCUT2D eigenvalue weighted by Crippen LogP contribution is -2.06. The Kier molecular flexibility index (Phi) is 4.40. The summed E-state index contributed by atoms with van der Waals surface area (Å²) < 4.78 is 10.7. The number of ether oxygens (including phenoxy) is 1. The van der Waals surface area contributed by atoms with Gasteiger partial charge in [0.15, 0.2) is 0 Å². The Hall–Kier alpha value is -2.60. The van der Waals surface area contributed by atoms with Gasteiger partial charge in [-0.3, -0.25) is 0 Å². The van der Waals surface area contributed by atoms with E-state index in [0.717, 1.165) is 5.56 Å². The van der Waals surface area contributed by atoms with E-state index >= 15 is 0 Å². The fourth-order valence-corrected chi connectivity index (χ4v) is 2.72. The van der Waals surface area contributed by atoms with Crippen LogP contribution in [0.5, 0.6) is 0 Å². The number of hydrogen-bond donors (Lipinski definition) is 1. The summed E-state index contributed by atoms with van der Waals surface area (Å²) in [7, 11) is 0. The van der Waals surface area contributed by atoms with Crippen molar-refractivity contribution < 1.29 is 13.9 Å². The topological polar surface area (TPSA) is 77.2 Å². The van der Waals surface area contributed by atoms with Gasteiger partial charge in [0.05, 0.1) is 22.7 Å². The molecule has 24 heavy (non-hydrogen) atoms. The lowest BCUT2D eigenvalue weighted by atomic mass is 10.1. The van der Waals surface area contributed by atoms with Crippen molar-refractivity contribution in [2.45, 2.75) is 20.8 Å². The second-order valence-corrected chi connectivity index (χ2v) is 5.67. The molecular formula is C17H16ClN3O3. The molecule has 0 saturated carbocycles. The van der Waals surface area contributed by atoms with Crippen LogP contribution in [0.15, 0.2) is 28.9 Å². The molecule has 3 rings (SSSR count). The maximum absolute atomic E-state index is 12.3. The Morgan fingerprint density at radius 1 is 1.33 bits per heavy atom. The van der Waals surface area contributed by atoms with Gasteiger partial charge < -0.3 is 14.5 Å². The van der Waals surface area contributed by atoms with Crippen molar-refractivity contribution in [1.82, 2.24) is 9.97 Å². The SMILES string of the molecule is CCOC(=O)c1c(C)oc2ncnc(Nc3ccc(C)cc3Cl)c12. The first kappa shape index (κ1) is 16.3. The third kappa shape index (κ3) is 2.92. The zero-order chi connectivity index (χ0) is 17.3. The van der Waals surface area contributed by atoms with E-state index in [1.54, 1.807) is 13.8 Å². The lowest BCUT2D eigenvalue weighted by molar-refractivity contribution is 0.0526. The van der Waals surface area contributed by atoms with Crippen LogP contribution >= 0.6 is 11.6 Å². The maximum atomic E-state index is 12.3. The van der Waals surface area contributed by atoms with E-state index in [-0.39, 0.29) is 6.61 Å². The van der Waals surface area contributed by atoms with E-state index < -0.39 is 5.97 Å². The number of anilines is 2. The third-order valence-corrected chi connectivity index (χ3v) is 3.83. The molecule has 1 N–H and O–H groups in total. The zero-order valence-corrected chi connectivity index (χ0v) is 14.3. The van der Waals surface area contributed by atoms with Gasteiger partial charge in [-0.15, -0.1) is 0 Å². The number of aryl methyl sites for hydroxylation is 2. The van der Waals surface area contributed by atoms with Gasteiger partial charge in [0.2, 0.25) is 5.71 Å². The van der Waals surface area contributed by atoms with Crippen molar-refractivity contribution in [3.05, 3.63) is 46.4 Å². The Bertz CT molecular complexity index is 921. The first-order chi connectivity index (χ1) is 11.5. The van der Waals surface area contributed by atoms with Crippen molar-refractivity contribution in [3.8, 4) is 0 Å². The summed E-state index contributed by atoms with van der Waals surface area (Å²) >= 11 is 6.27. The predicted octanol–water partition coefficient (Wildman–Crippen LogP) is 4.41. The first-order valence-electron chi connectivity index (χ1n) is 7.45. The average molecular weight is 346 g/mol. The molecule has 0 saturated heterocycles. The van der Waals surface area contributed by atoms with E-state index in [1.165, 1.54) is 6.33 Å². The molecule has 0 aliphatic rings. The Balaban J connectivity index is 2.12. The quantitative estimate of drug-likeness (QED) is 0.705. The van der Waals surface area contributed by atoms with Gasteiger partial charge in [0, 0.05) is 0 Å². The molecule has 0 bridgehead atoms. The molecule has 0 radical (unpaired) electrons. The molecule has 0 aliphatic heterocycles. The molecule has 7 heteroatoms. The molecule has 0 amide bonds. The van der Waals surface area contributed by atoms with Crippen LogP contribution in [-0.2, 0) is 4.74 Å². The average Bonchev–Trinajstić information content (AvgIpc) is 2.87. The minimum atomic E-state index is -0.471. The molecule has 0 unspecified atom stereocenters. The summed E-state index contributed by atoms with van der Waals surface area (Å²) in [6, 6.07) is 5.62. The van der Waals surface area contributed by atoms with E-state index in [1.807, 2.05) is 25.1 Å². The van der Waals surface area contributed by atoms with Gasteiger partial charge in [0.1, 0.15) is 23.5 Å². The second kappa shape index (κ2) is 6.49. The minimum Gasteiger partial charge on any atom is -0.462 e. The summed E-state index contributed by atoms with van der Waals surface area (Å²) in [6.07, 6.45) is 1.37. The number of furan rings is 1. The highest BCUT2D eigenvalue weighted by Crippen LogP contribution is 2.33.